The maximum Gasteiger partial charge on any atom is 0.371 e. The Morgan fingerprint density at radius 3 is 2.86 bits per heavy atom. The largest absolute Gasteiger partial charge is 0.475 e. The Hall–Kier alpha value is -1.38. The monoisotopic (exact) mass is 316 g/mol. The number of likely N-dealkylation sites (tertiary alicyclic amines) is 1. The topological polar surface area (TPSA) is 99.8 Å². The molecule has 0 saturated carbocycles. The summed E-state index contributed by atoms with van der Waals surface area (Å²) in [7, 11) is -3.20. The van der Waals surface area contributed by atoms with Crippen molar-refractivity contribution in [3.05, 3.63) is 23.2 Å². The number of rotatable bonds is 6. The van der Waals surface area contributed by atoms with E-state index in [4.69, 9.17) is 9.52 Å². The standard InChI is InChI=1S/C13H20N2O5S/c1-3-11-9(6-12(20-11)13(16)17)7-15-5-4-10(8-15)14-21(2,18)19/h6,10,14H,3-5,7-8H2,1-2H3,(H,16,17). The minimum atomic E-state index is -3.20. The molecule has 1 aliphatic heterocycles. The van der Waals surface area contributed by atoms with Gasteiger partial charge in [-0.25, -0.2) is 17.9 Å². The number of aromatic carboxylic acids is 1. The first-order valence-corrected chi connectivity index (χ1v) is 8.72. The number of hydrogen-bond donors (Lipinski definition) is 2. The van der Waals surface area contributed by atoms with Crippen LogP contribution >= 0.6 is 0 Å². The third kappa shape index (κ3) is 4.29. The highest BCUT2D eigenvalue weighted by atomic mass is 32.2. The van der Waals surface area contributed by atoms with Gasteiger partial charge in [0.05, 0.1) is 6.26 Å². The number of furan rings is 1. The Morgan fingerprint density at radius 2 is 2.29 bits per heavy atom. The van der Waals surface area contributed by atoms with Crippen LogP contribution in [0, 0.1) is 0 Å². The van der Waals surface area contributed by atoms with Gasteiger partial charge in [0.2, 0.25) is 15.8 Å². The molecule has 0 amide bonds. The van der Waals surface area contributed by atoms with Crippen molar-refractivity contribution in [2.75, 3.05) is 19.3 Å². The normalized spacial score (nSPS) is 20.0. The fourth-order valence-corrected chi connectivity index (χ4v) is 3.42. The van der Waals surface area contributed by atoms with Gasteiger partial charge >= 0.3 is 5.97 Å². The number of hydrogen-bond acceptors (Lipinski definition) is 5. The van der Waals surface area contributed by atoms with Crippen molar-refractivity contribution in [3.8, 4) is 0 Å². The van der Waals surface area contributed by atoms with Crippen molar-refractivity contribution in [1.29, 1.82) is 0 Å². The van der Waals surface area contributed by atoms with E-state index in [1.54, 1.807) is 6.07 Å². The van der Waals surface area contributed by atoms with Gasteiger partial charge in [0.15, 0.2) is 0 Å². The molecule has 1 aromatic rings. The van der Waals surface area contributed by atoms with Crippen molar-refractivity contribution < 1.29 is 22.7 Å². The van der Waals surface area contributed by atoms with Crippen LogP contribution in [0.4, 0.5) is 0 Å². The van der Waals surface area contributed by atoms with E-state index in [2.05, 4.69) is 9.62 Å². The van der Waals surface area contributed by atoms with Crippen LogP contribution in [0.3, 0.4) is 0 Å². The summed E-state index contributed by atoms with van der Waals surface area (Å²) < 4.78 is 30.3. The predicted molar refractivity (Wildman–Crippen MR) is 76.7 cm³/mol. The molecular formula is C13H20N2O5S. The number of carbonyl (C=O) groups is 1. The van der Waals surface area contributed by atoms with Crippen LogP contribution in [-0.2, 0) is 23.0 Å². The molecule has 1 fully saturated rings. The molecule has 0 bridgehead atoms. The number of nitrogens with zero attached hydrogens (tertiary/aromatic N) is 1. The number of aryl methyl sites for hydroxylation is 1. The molecule has 2 heterocycles. The van der Waals surface area contributed by atoms with E-state index in [9.17, 15) is 13.2 Å². The van der Waals surface area contributed by atoms with E-state index in [-0.39, 0.29) is 11.8 Å². The number of carboxylic acids is 1. The third-order valence-electron chi connectivity index (χ3n) is 3.48. The van der Waals surface area contributed by atoms with Gasteiger partial charge in [-0.1, -0.05) is 6.92 Å². The van der Waals surface area contributed by atoms with Gasteiger partial charge in [0.25, 0.3) is 0 Å². The van der Waals surface area contributed by atoms with E-state index >= 15 is 0 Å². The molecule has 0 aromatic carbocycles. The molecule has 1 aliphatic rings. The third-order valence-corrected chi connectivity index (χ3v) is 4.24. The zero-order chi connectivity index (χ0) is 15.6. The lowest BCUT2D eigenvalue weighted by Crippen LogP contribution is -2.36. The van der Waals surface area contributed by atoms with Crippen molar-refractivity contribution in [3.63, 3.8) is 0 Å². The molecule has 7 nitrogen and oxygen atoms in total. The van der Waals surface area contributed by atoms with Gasteiger partial charge in [0, 0.05) is 37.7 Å². The maximum atomic E-state index is 11.2. The van der Waals surface area contributed by atoms with Crippen LogP contribution < -0.4 is 4.72 Å². The summed E-state index contributed by atoms with van der Waals surface area (Å²) in [4.78, 5) is 13.0. The van der Waals surface area contributed by atoms with Crippen LogP contribution in [0.25, 0.3) is 0 Å². The molecule has 0 radical (unpaired) electrons. The summed E-state index contributed by atoms with van der Waals surface area (Å²) >= 11 is 0. The summed E-state index contributed by atoms with van der Waals surface area (Å²) in [6.07, 6.45) is 2.53. The smallest absolute Gasteiger partial charge is 0.371 e. The van der Waals surface area contributed by atoms with Gasteiger partial charge in [-0.2, -0.15) is 0 Å². The van der Waals surface area contributed by atoms with Gasteiger partial charge in [0.1, 0.15) is 5.76 Å². The van der Waals surface area contributed by atoms with Crippen LogP contribution in [0.2, 0.25) is 0 Å². The minimum Gasteiger partial charge on any atom is -0.475 e. The van der Waals surface area contributed by atoms with Crippen molar-refractivity contribution >= 4 is 16.0 Å². The predicted octanol–water partition coefficient (Wildman–Crippen LogP) is 0.664. The molecular weight excluding hydrogens is 296 g/mol. The second-order valence-corrected chi connectivity index (χ2v) is 7.11. The quantitative estimate of drug-likeness (QED) is 0.800. The molecule has 1 atom stereocenters. The number of sulfonamides is 1. The van der Waals surface area contributed by atoms with Crippen molar-refractivity contribution in [2.24, 2.45) is 0 Å². The second-order valence-electron chi connectivity index (χ2n) is 5.33. The summed E-state index contributed by atoms with van der Waals surface area (Å²) in [5.74, 6) is -0.451. The Morgan fingerprint density at radius 1 is 1.57 bits per heavy atom. The fourth-order valence-electron chi connectivity index (χ4n) is 2.62. The van der Waals surface area contributed by atoms with E-state index in [1.807, 2.05) is 6.92 Å². The fraction of sp³-hybridized carbons (Fsp3) is 0.615. The Kier molecular flexibility index (Phi) is 4.70. The highest BCUT2D eigenvalue weighted by Crippen LogP contribution is 2.21. The zero-order valence-electron chi connectivity index (χ0n) is 12.1. The first-order chi connectivity index (χ1) is 9.78. The minimum absolute atomic E-state index is 0.0492. The van der Waals surface area contributed by atoms with Gasteiger partial charge in [-0.15, -0.1) is 0 Å². The van der Waals surface area contributed by atoms with Crippen LogP contribution in [0.1, 0.15) is 35.2 Å². The number of carboxylic acid groups (broad SMARTS) is 1. The number of nitrogens with one attached hydrogen (secondary N) is 1. The van der Waals surface area contributed by atoms with Gasteiger partial charge in [-0.3, -0.25) is 4.90 Å². The summed E-state index contributed by atoms with van der Waals surface area (Å²) in [6, 6.07) is 1.47. The highest BCUT2D eigenvalue weighted by molar-refractivity contribution is 7.88. The van der Waals surface area contributed by atoms with Crippen LogP contribution in [-0.4, -0.2) is 49.8 Å². The van der Waals surface area contributed by atoms with Crippen molar-refractivity contribution in [2.45, 2.75) is 32.4 Å². The van der Waals surface area contributed by atoms with Crippen LogP contribution in [0.5, 0.6) is 0 Å². The first-order valence-electron chi connectivity index (χ1n) is 6.83. The Balaban J connectivity index is 2.01. The summed E-state index contributed by atoms with van der Waals surface area (Å²) in [5.41, 5.74) is 0.856. The van der Waals surface area contributed by atoms with E-state index < -0.39 is 16.0 Å². The molecule has 2 rings (SSSR count). The average molecular weight is 316 g/mol. The van der Waals surface area contributed by atoms with E-state index in [0.717, 1.165) is 24.8 Å². The highest BCUT2D eigenvalue weighted by Gasteiger charge is 2.26. The lowest BCUT2D eigenvalue weighted by Gasteiger charge is -2.15. The molecule has 1 saturated heterocycles. The molecule has 8 heteroatoms. The molecule has 2 N–H and O–H groups in total. The van der Waals surface area contributed by atoms with E-state index in [0.29, 0.717) is 25.3 Å². The summed E-state index contributed by atoms with van der Waals surface area (Å²) in [6.45, 7) is 3.86. The zero-order valence-corrected chi connectivity index (χ0v) is 12.9. The maximum absolute atomic E-state index is 11.2. The molecule has 21 heavy (non-hydrogen) atoms. The molecule has 1 aromatic heterocycles. The molecule has 118 valence electrons. The van der Waals surface area contributed by atoms with Gasteiger partial charge in [-0.05, 0) is 12.5 Å². The SMILES string of the molecule is CCc1oc(C(=O)O)cc1CN1CCC(NS(C)(=O)=O)C1. The Labute approximate surface area is 124 Å². The Bertz CT molecular complexity index is 623. The summed E-state index contributed by atoms with van der Waals surface area (Å²) in [5, 5.41) is 8.96. The van der Waals surface area contributed by atoms with Crippen LogP contribution in [0.15, 0.2) is 10.5 Å². The lowest BCUT2D eigenvalue weighted by molar-refractivity contribution is 0.0660. The first kappa shape index (κ1) is 16.0. The second kappa shape index (κ2) is 6.17. The molecule has 0 spiro atoms. The van der Waals surface area contributed by atoms with Gasteiger partial charge < -0.3 is 9.52 Å². The lowest BCUT2D eigenvalue weighted by atomic mass is 10.2. The molecule has 0 aliphatic carbocycles. The molecule has 1 unspecified atom stereocenters. The average Bonchev–Trinajstić information content (AvgIpc) is 2.94. The van der Waals surface area contributed by atoms with Crippen molar-refractivity contribution in [1.82, 2.24) is 9.62 Å². The van der Waals surface area contributed by atoms with E-state index in [1.165, 1.54) is 0 Å².